The summed E-state index contributed by atoms with van der Waals surface area (Å²) >= 11 is 0. The van der Waals surface area contributed by atoms with Gasteiger partial charge in [-0.15, -0.1) is 5.10 Å². The number of nitrogens with zero attached hydrogens (tertiary/aromatic N) is 6. The highest BCUT2D eigenvalue weighted by Gasteiger charge is 2.28. The minimum absolute atomic E-state index is 0.00814. The second-order valence-electron chi connectivity index (χ2n) is 5.83. The normalized spacial score (nSPS) is 16.0. The second-order valence-corrected chi connectivity index (χ2v) is 7.77. The summed E-state index contributed by atoms with van der Waals surface area (Å²) in [5.74, 6) is -0.174. The Labute approximate surface area is 151 Å². The minimum atomic E-state index is -3.56. The van der Waals surface area contributed by atoms with E-state index in [0.29, 0.717) is 26.1 Å². The van der Waals surface area contributed by atoms with E-state index in [-0.39, 0.29) is 29.7 Å². The molecule has 1 fully saturated rings. The van der Waals surface area contributed by atoms with Gasteiger partial charge in [0.05, 0.1) is 4.90 Å². The van der Waals surface area contributed by atoms with Gasteiger partial charge in [-0.3, -0.25) is 4.79 Å². The van der Waals surface area contributed by atoms with Crippen LogP contribution < -0.4 is 0 Å². The van der Waals surface area contributed by atoms with Crippen LogP contribution in [-0.2, 0) is 21.4 Å². The molecule has 1 aromatic carbocycles. The molecular weight excluding hydrogens is 356 g/mol. The molecule has 26 heavy (non-hydrogen) atoms. The van der Waals surface area contributed by atoms with Crippen molar-refractivity contribution in [2.45, 2.75) is 17.9 Å². The van der Waals surface area contributed by atoms with Crippen LogP contribution in [0.15, 0.2) is 41.6 Å². The predicted molar refractivity (Wildman–Crippen MR) is 91.1 cm³/mol. The first-order chi connectivity index (χ1) is 12.5. The molecule has 136 valence electrons. The molecule has 0 saturated carbocycles. The van der Waals surface area contributed by atoms with E-state index in [0.717, 1.165) is 0 Å². The minimum Gasteiger partial charge on any atom is -0.340 e. The van der Waals surface area contributed by atoms with Crippen molar-refractivity contribution in [1.82, 2.24) is 24.0 Å². The van der Waals surface area contributed by atoms with Gasteiger partial charge in [-0.25, -0.2) is 18.1 Å². The average molecular weight is 374 g/mol. The van der Waals surface area contributed by atoms with Gasteiger partial charge in [0, 0.05) is 26.2 Å². The van der Waals surface area contributed by atoms with E-state index in [2.05, 4.69) is 10.1 Å². The topological polar surface area (TPSA) is 112 Å². The zero-order valence-electron chi connectivity index (χ0n) is 14.0. The van der Waals surface area contributed by atoms with E-state index in [1.54, 1.807) is 41.3 Å². The van der Waals surface area contributed by atoms with Crippen molar-refractivity contribution in [2.75, 3.05) is 26.2 Å². The maximum absolute atomic E-state index is 12.7. The molecule has 2 aromatic rings. The molecule has 9 nitrogen and oxygen atoms in total. The number of sulfonamides is 1. The van der Waals surface area contributed by atoms with Crippen LogP contribution >= 0.6 is 0 Å². The summed E-state index contributed by atoms with van der Waals surface area (Å²) in [6.45, 7) is 1.36. The summed E-state index contributed by atoms with van der Waals surface area (Å²) < 4.78 is 28.2. The van der Waals surface area contributed by atoms with Crippen molar-refractivity contribution in [3.05, 3.63) is 42.5 Å². The van der Waals surface area contributed by atoms with Crippen molar-refractivity contribution in [3.8, 4) is 6.07 Å². The SMILES string of the molecule is N#Cc1ncn(CC(=O)N2CCCN(S(=O)(=O)c3ccccc3)CC2)n1. The fourth-order valence-electron chi connectivity index (χ4n) is 2.79. The molecule has 0 radical (unpaired) electrons. The Morgan fingerprint density at radius 3 is 2.62 bits per heavy atom. The molecule has 1 aromatic heterocycles. The Balaban J connectivity index is 1.64. The van der Waals surface area contributed by atoms with Gasteiger partial charge in [0.15, 0.2) is 0 Å². The van der Waals surface area contributed by atoms with E-state index in [1.165, 1.54) is 15.3 Å². The lowest BCUT2D eigenvalue weighted by Crippen LogP contribution is -2.38. The largest absolute Gasteiger partial charge is 0.340 e. The predicted octanol–water partition coefficient (Wildman–Crippen LogP) is 0.0730. The second kappa shape index (κ2) is 7.63. The molecule has 1 aliphatic rings. The summed E-state index contributed by atoms with van der Waals surface area (Å²) in [6, 6.07) is 10.1. The van der Waals surface area contributed by atoms with Gasteiger partial charge in [0.2, 0.25) is 15.9 Å². The third-order valence-corrected chi connectivity index (χ3v) is 6.04. The van der Waals surface area contributed by atoms with Crippen LogP contribution in [0.4, 0.5) is 0 Å². The van der Waals surface area contributed by atoms with E-state index >= 15 is 0 Å². The van der Waals surface area contributed by atoms with Crippen molar-refractivity contribution >= 4 is 15.9 Å². The molecule has 0 spiro atoms. The Kier molecular flexibility index (Phi) is 5.29. The van der Waals surface area contributed by atoms with Crippen LogP contribution in [0, 0.1) is 11.3 Å². The molecular formula is C16H18N6O3S. The van der Waals surface area contributed by atoms with Crippen LogP contribution in [0.2, 0.25) is 0 Å². The molecule has 0 aliphatic carbocycles. The summed E-state index contributed by atoms with van der Waals surface area (Å²) in [4.78, 5) is 18.1. The van der Waals surface area contributed by atoms with Gasteiger partial charge in [0.25, 0.3) is 5.82 Å². The van der Waals surface area contributed by atoms with Crippen molar-refractivity contribution in [2.24, 2.45) is 0 Å². The Hall–Kier alpha value is -2.77. The van der Waals surface area contributed by atoms with Gasteiger partial charge < -0.3 is 4.90 Å². The Bertz CT molecular complexity index is 919. The smallest absolute Gasteiger partial charge is 0.252 e. The monoisotopic (exact) mass is 374 g/mol. The number of hydrogen-bond donors (Lipinski definition) is 0. The maximum atomic E-state index is 12.7. The van der Waals surface area contributed by atoms with Gasteiger partial charge >= 0.3 is 0 Å². The number of hydrogen-bond acceptors (Lipinski definition) is 6. The molecule has 10 heteroatoms. The summed E-state index contributed by atoms with van der Waals surface area (Å²) in [6.07, 6.45) is 1.89. The molecule has 0 N–H and O–H groups in total. The third kappa shape index (κ3) is 3.89. The molecule has 0 atom stereocenters. The number of nitriles is 1. The molecule has 1 saturated heterocycles. The summed E-state index contributed by atoms with van der Waals surface area (Å²) in [5.41, 5.74) is 0. The average Bonchev–Trinajstić information content (AvgIpc) is 2.95. The van der Waals surface area contributed by atoms with Crippen LogP contribution in [-0.4, -0.2) is 64.5 Å². The quantitative estimate of drug-likeness (QED) is 0.749. The van der Waals surface area contributed by atoms with Gasteiger partial charge in [-0.05, 0) is 18.6 Å². The number of amides is 1. The van der Waals surface area contributed by atoms with Crippen LogP contribution in [0.5, 0.6) is 0 Å². The maximum Gasteiger partial charge on any atom is 0.252 e. The lowest BCUT2D eigenvalue weighted by atomic mass is 10.4. The standard InChI is InChI=1S/C16H18N6O3S/c17-11-15-18-13-21(19-15)12-16(23)20-7-4-8-22(10-9-20)26(24,25)14-5-2-1-3-6-14/h1-3,5-6,13H,4,7-10,12H2. The number of rotatable bonds is 4. The first kappa shape index (κ1) is 18.0. The van der Waals surface area contributed by atoms with Crippen LogP contribution in [0.25, 0.3) is 0 Å². The number of carbonyl (C=O) groups is 1. The van der Waals surface area contributed by atoms with Gasteiger partial charge in [0.1, 0.15) is 18.9 Å². The molecule has 0 bridgehead atoms. The number of aromatic nitrogens is 3. The summed E-state index contributed by atoms with van der Waals surface area (Å²) in [5, 5.41) is 12.6. The van der Waals surface area contributed by atoms with E-state index < -0.39 is 10.0 Å². The Morgan fingerprint density at radius 2 is 1.92 bits per heavy atom. The van der Waals surface area contributed by atoms with E-state index in [4.69, 9.17) is 5.26 Å². The lowest BCUT2D eigenvalue weighted by molar-refractivity contribution is -0.131. The van der Waals surface area contributed by atoms with Gasteiger partial charge in [-0.2, -0.15) is 9.57 Å². The molecule has 2 heterocycles. The highest BCUT2D eigenvalue weighted by molar-refractivity contribution is 7.89. The lowest BCUT2D eigenvalue weighted by Gasteiger charge is -2.22. The molecule has 1 aliphatic heterocycles. The molecule has 3 rings (SSSR count). The summed E-state index contributed by atoms with van der Waals surface area (Å²) in [7, 11) is -3.56. The van der Waals surface area contributed by atoms with Crippen molar-refractivity contribution in [3.63, 3.8) is 0 Å². The first-order valence-corrected chi connectivity index (χ1v) is 9.57. The van der Waals surface area contributed by atoms with Crippen LogP contribution in [0.1, 0.15) is 12.2 Å². The zero-order chi connectivity index (χ0) is 18.6. The van der Waals surface area contributed by atoms with E-state index in [1.807, 2.05) is 0 Å². The fourth-order valence-corrected chi connectivity index (χ4v) is 4.28. The van der Waals surface area contributed by atoms with Gasteiger partial charge in [-0.1, -0.05) is 18.2 Å². The Morgan fingerprint density at radius 1 is 1.15 bits per heavy atom. The van der Waals surface area contributed by atoms with Crippen molar-refractivity contribution < 1.29 is 13.2 Å². The third-order valence-electron chi connectivity index (χ3n) is 4.12. The number of carbonyl (C=O) groups excluding carboxylic acids is 1. The molecule has 1 amide bonds. The first-order valence-electron chi connectivity index (χ1n) is 8.13. The highest BCUT2D eigenvalue weighted by atomic mass is 32.2. The van der Waals surface area contributed by atoms with Crippen molar-refractivity contribution in [1.29, 1.82) is 5.26 Å². The van der Waals surface area contributed by atoms with Crippen LogP contribution in [0.3, 0.4) is 0 Å². The molecule has 0 unspecified atom stereocenters. The zero-order valence-corrected chi connectivity index (χ0v) is 14.8. The highest BCUT2D eigenvalue weighted by Crippen LogP contribution is 2.17. The fraction of sp³-hybridized carbons (Fsp3) is 0.375. The number of benzene rings is 1. The van der Waals surface area contributed by atoms with E-state index in [9.17, 15) is 13.2 Å².